The predicted octanol–water partition coefficient (Wildman–Crippen LogP) is 3.88. The second-order valence-electron chi connectivity index (χ2n) is 5.66. The number of carbonyl (C=O) groups excluding carboxylic acids is 1. The van der Waals surface area contributed by atoms with Crippen molar-refractivity contribution in [2.45, 2.75) is 38.1 Å². The van der Waals surface area contributed by atoms with Gasteiger partial charge in [0.2, 0.25) is 5.91 Å². The average Bonchev–Trinajstić information content (AvgIpc) is 3.07. The molecule has 22 heavy (non-hydrogen) atoms. The van der Waals surface area contributed by atoms with E-state index in [0.717, 1.165) is 11.3 Å². The van der Waals surface area contributed by atoms with Crippen LogP contribution in [0.1, 0.15) is 36.6 Å². The molecular weight excluding hydrogens is 292 g/mol. The Labute approximate surface area is 135 Å². The molecule has 1 heterocycles. The summed E-state index contributed by atoms with van der Waals surface area (Å²) in [6.07, 6.45) is 1.36. The Morgan fingerprint density at radius 3 is 2.64 bits per heavy atom. The normalized spacial score (nSPS) is 14.6. The summed E-state index contributed by atoms with van der Waals surface area (Å²) in [4.78, 5) is 13.4. The van der Waals surface area contributed by atoms with Crippen LogP contribution in [-0.2, 0) is 11.2 Å². The highest BCUT2D eigenvalue weighted by molar-refractivity contribution is 7.10. The van der Waals surface area contributed by atoms with E-state index in [9.17, 15) is 10.1 Å². The van der Waals surface area contributed by atoms with Gasteiger partial charge in [-0.1, -0.05) is 36.4 Å². The van der Waals surface area contributed by atoms with Crippen LogP contribution in [0.3, 0.4) is 0 Å². The van der Waals surface area contributed by atoms with Gasteiger partial charge in [0.25, 0.3) is 0 Å². The summed E-state index contributed by atoms with van der Waals surface area (Å²) in [5, 5.41) is 14.3. The molecule has 1 amide bonds. The Balaban J connectivity index is 1.98. The maximum Gasteiger partial charge on any atom is 0.229 e. The summed E-state index contributed by atoms with van der Waals surface area (Å²) in [5.41, 5.74) is 0.322. The van der Waals surface area contributed by atoms with Crippen molar-refractivity contribution in [1.29, 1.82) is 5.26 Å². The molecule has 0 spiro atoms. The molecule has 0 aliphatic heterocycles. The fourth-order valence-corrected chi connectivity index (χ4v) is 3.01. The predicted molar refractivity (Wildman–Crippen MR) is 89.7 cm³/mol. The van der Waals surface area contributed by atoms with E-state index in [2.05, 4.69) is 11.4 Å². The number of carbonyl (C=O) groups is 1. The number of nitriles is 1. The Hall–Kier alpha value is -2.12. The van der Waals surface area contributed by atoms with Gasteiger partial charge in [0.1, 0.15) is 5.54 Å². The molecule has 0 radical (unpaired) electrons. The van der Waals surface area contributed by atoms with Gasteiger partial charge >= 0.3 is 0 Å². The molecule has 114 valence electrons. The summed E-state index contributed by atoms with van der Waals surface area (Å²) < 4.78 is 0. The third-order valence-corrected chi connectivity index (χ3v) is 4.82. The minimum absolute atomic E-state index is 0.0976. The first-order valence-corrected chi connectivity index (χ1v) is 8.23. The van der Waals surface area contributed by atoms with Gasteiger partial charge in [-0.2, -0.15) is 5.26 Å². The average molecular weight is 312 g/mol. The molecular formula is C18H20N2OS. The van der Waals surface area contributed by atoms with Crippen LogP contribution in [0, 0.1) is 11.3 Å². The number of hydrogen-bond donors (Lipinski definition) is 1. The van der Waals surface area contributed by atoms with Crippen LogP contribution in [0.25, 0.3) is 0 Å². The number of aryl methyl sites for hydroxylation is 1. The number of amides is 1. The number of hydrogen-bond acceptors (Lipinski definition) is 3. The maximum absolute atomic E-state index is 12.4. The molecule has 0 unspecified atom stereocenters. The summed E-state index contributed by atoms with van der Waals surface area (Å²) in [6, 6.07) is 16.1. The minimum atomic E-state index is -0.849. The molecule has 0 bridgehead atoms. The molecule has 0 saturated heterocycles. The largest absolute Gasteiger partial charge is 0.337 e. The molecule has 0 aliphatic rings. The highest BCUT2D eigenvalue weighted by Crippen LogP contribution is 2.22. The Kier molecular flexibility index (Phi) is 5.35. The third kappa shape index (κ3) is 4.19. The van der Waals surface area contributed by atoms with Crippen molar-refractivity contribution in [3.63, 3.8) is 0 Å². The molecule has 4 heteroatoms. The molecule has 0 saturated carbocycles. The molecule has 0 fully saturated rings. The van der Waals surface area contributed by atoms with Crippen molar-refractivity contribution >= 4 is 17.2 Å². The van der Waals surface area contributed by atoms with Crippen LogP contribution < -0.4 is 5.32 Å². The van der Waals surface area contributed by atoms with Crippen molar-refractivity contribution in [3.05, 3.63) is 58.3 Å². The van der Waals surface area contributed by atoms with Crippen LogP contribution >= 0.6 is 11.3 Å². The lowest BCUT2D eigenvalue weighted by molar-refractivity contribution is -0.123. The van der Waals surface area contributed by atoms with E-state index < -0.39 is 5.54 Å². The molecule has 3 nitrogen and oxygen atoms in total. The molecule has 1 N–H and O–H groups in total. The first kappa shape index (κ1) is 16.3. The molecule has 2 aromatic rings. The number of thiophene rings is 1. The van der Waals surface area contributed by atoms with Gasteiger partial charge in [0, 0.05) is 4.88 Å². The zero-order valence-electron chi connectivity index (χ0n) is 12.9. The SMILES string of the molecule is C[C@@H](C(=O)N[C@](C)(C#N)CCc1ccccc1)c1cccs1. The molecule has 0 aliphatic carbocycles. The number of nitrogens with one attached hydrogen (secondary N) is 1. The quantitative estimate of drug-likeness (QED) is 0.880. The number of nitrogens with zero attached hydrogens (tertiary/aromatic N) is 1. The van der Waals surface area contributed by atoms with Crippen molar-refractivity contribution in [2.75, 3.05) is 0 Å². The summed E-state index contributed by atoms with van der Waals surface area (Å²) in [7, 11) is 0. The van der Waals surface area contributed by atoms with Crippen LogP contribution in [0.15, 0.2) is 47.8 Å². The fourth-order valence-electron chi connectivity index (χ4n) is 2.23. The van der Waals surface area contributed by atoms with Crippen molar-refractivity contribution < 1.29 is 4.79 Å². The summed E-state index contributed by atoms with van der Waals surface area (Å²) in [5.74, 6) is -0.330. The van der Waals surface area contributed by atoms with Gasteiger partial charge in [0.15, 0.2) is 0 Å². The van der Waals surface area contributed by atoms with E-state index in [0.29, 0.717) is 6.42 Å². The van der Waals surface area contributed by atoms with E-state index in [1.807, 2.05) is 54.8 Å². The maximum atomic E-state index is 12.4. The van der Waals surface area contributed by atoms with E-state index in [1.165, 1.54) is 5.56 Å². The van der Waals surface area contributed by atoms with Gasteiger partial charge in [-0.15, -0.1) is 11.3 Å². The van der Waals surface area contributed by atoms with Gasteiger partial charge in [-0.3, -0.25) is 4.79 Å². The summed E-state index contributed by atoms with van der Waals surface area (Å²) in [6.45, 7) is 3.66. The van der Waals surface area contributed by atoms with Gasteiger partial charge < -0.3 is 5.32 Å². The van der Waals surface area contributed by atoms with Crippen molar-refractivity contribution in [3.8, 4) is 6.07 Å². The Morgan fingerprint density at radius 1 is 1.32 bits per heavy atom. The Morgan fingerprint density at radius 2 is 2.05 bits per heavy atom. The van der Waals surface area contributed by atoms with Crippen molar-refractivity contribution in [1.82, 2.24) is 5.32 Å². The monoisotopic (exact) mass is 312 g/mol. The fraction of sp³-hybridized carbons (Fsp3) is 0.333. The van der Waals surface area contributed by atoms with E-state index in [-0.39, 0.29) is 11.8 Å². The van der Waals surface area contributed by atoms with Crippen LogP contribution in [0.5, 0.6) is 0 Å². The second kappa shape index (κ2) is 7.24. The smallest absolute Gasteiger partial charge is 0.229 e. The van der Waals surface area contributed by atoms with Crippen molar-refractivity contribution in [2.24, 2.45) is 0 Å². The number of rotatable bonds is 6. The van der Waals surface area contributed by atoms with Gasteiger partial charge in [0.05, 0.1) is 12.0 Å². The lowest BCUT2D eigenvalue weighted by Gasteiger charge is -2.25. The zero-order chi connectivity index (χ0) is 16.0. The highest BCUT2D eigenvalue weighted by Gasteiger charge is 2.28. The minimum Gasteiger partial charge on any atom is -0.337 e. The molecule has 1 aromatic heterocycles. The van der Waals surface area contributed by atoms with E-state index in [4.69, 9.17) is 0 Å². The van der Waals surface area contributed by atoms with Crippen LogP contribution in [0.4, 0.5) is 0 Å². The Bertz CT molecular complexity index is 645. The lowest BCUT2D eigenvalue weighted by Crippen LogP contribution is -2.46. The summed E-state index contributed by atoms with van der Waals surface area (Å²) >= 11 is 1.56. The molecule has 2 atom stereocenters. The van der Waals surface area contributed by atoms with Gasteiger partial charge in [-0.25, -0.2) is 0 Å². The standard InChI is InChI=1S/C18H20N2OS/c1-14(16-9-6-12-22-16)17(21)20-18(2,13-19)11-10-15-7-4-3-5-8-15/h3-9,12,14H,10-11H2,1-2H3,(H,20,21)/t14-,18+/m1/s1. The van der Waals surface area contributed by atoms with E-state index in [1.54, 1.807) is 18.3 Å². The highest BCUT2D eigenvalue weighted by atomic mass is 32.1. The lowest BCUT2D eigenvalue weighted by atomic mass is 9.93. The molecule has 2 rings (SSSR count). The van der Waals surface area contributed by atoms with Crippen LogP contribution in [0.2, 0.25) is 0 Å². The topological polar surface area (TPSA) is 52.9 Å². The first-order valence-electron chi connectivity index (χ1n) is 7.35. The first-order chi connectivity index (χ1) is 10.5. The van der Waals surface area contributed by atoms with E-state index >= 15 is 0 Å². The van der Waals surface area contributed by atoms with Gasteiger partial charge in [-0.05, 0) is 43.7 Å². The molecule has 1 aromatic carbocycles. The van der Waals surface area contributed by atoms with Crippen LogP contribution in [-0.4, -0.2) is 11.4 Å². The third-order valence-electron chi connectivity index (χ3n) is 3.77. The zero-order valence-corrected chi connectivity index (χ0v) is 13.7. The number of benzene rings is 1. The second-order valence-corrected chi connectivity index (χ2v) is 6.64.